The Bertz CT molecular complexity index is 1150. The number of rotatable bonds is 8. The van der Waals surface area contributed by atoms with E-state index in [1.54, 1.807) is 12.4 Å². The molecule has 0 radical (unpaired) electrons. The van der Waals surface area contributed by atoms with E-state index in [4.69, 9.17) is 0 Å². The van der Waals surface area contributed by atoms with Crippen LogP contribution in [-0.4, -0.2) is 33.3 Å². The number of nitrogens with one attached hydrogen (secondary N) is 4. The zero-order valence-electron chi connectivity index (χ0n) is 18.5. The largest absolute Gasteiger partial charge is 0.433 e. The van der Waals surface area contributed by atoms with Gasteiger partial charge in [-0.2, -0.15) is 18.3 Å². The van der Waals surface area contributed by atoms with Crippen molar-refractivity contribution in [1.29, 1.82) is 0 Å². The highest BCUT2D eigenvalue weighted by Crippen LogP contribution is 2.29. The molecule has 0 aliphatic carbocycles. The molecule has 0 bridgehead atoms. The lowest BCUT2D eigenvalue weighted by molar-refractivity contribution is -0.141. The Kier molecular flexibility index (Phi) is 6.97. The molecule has 3 aromatic heterocycles. The van der Waals surface area contributed by atoms with Gasteiger partial charge in [0.15, 0.2) is 0 Å². The van der Waals surface area contributed by atoms with Gasteiger partial charge in [-0.3, -0.25) is 10.1 Å². The van der Waals surface area contributed by atoms with Crippen molar-refractivity contribution in [3.63, 3.8) is 0 Å². The first-order valence-corrected chi connectivity index (χ1v) is 10.9. The highest BCUT2D eigenvalue weighted by molar-refractivity contribution is 5.84. The molecule has 1 saturated heterocycles. The third-order valence-corrected chi connectivity index (χ3v) is 5.70. The molecular formula is C24H26F3N7. The second-order valence-electron chi connectivity index (χ2n) is 8.28. The average Bonchev–Trinajstić information content (AvgIpc) is 3.28. The number of aromatic nitrogens is 4. The van der Waals surface area contributed by atoms with Gasteiger partial charge in [-0.15, -0.1) is 0 Å². The third-order valence-electron chi connectivity index (χ3n) is 5.70. The van der Waals surface area contributed by atoms with E-state index in [0.29, 0.717) is 34.4 Å². The first kappa shape index (κ1) is 23.5. The van der Waals surface area contributed by atoms with E-state index in [1.807, 2.05) is 6.20 Å². The van der Waals surface area contributed by atoms with Crippen LogP contribution < -0.4 is 16.0 Å². The highest BCUT2D eigenvalue weighted by Gasteiger charge is 2.32. The Labute approximate surface area is 195 Å². The molecule has 1 aliphatic rings. The van der Waals surface area contributed by atoms with Crippen molar-refractivity contribution < 1.29 is 13.2 Å². The monoisotopic (exact) mass is 469 g/mol. The molecule has 0 saturated carbocycles. The van der Waals surface area contributed by atoms with Gasteiger partial charge in [-0.1, -0.05) is 13.2 Å². The number of alkyl halides is 3. The minimum absolute atomic E-state index is 0.368. The SMILES string of the molecule is C=C(Nc1cn[nH]c1C(=C)Nc1ccc(C(F)(F)F)nc1)c1cncc(CC2CCNCC2)c1. The van der Waals surface area contributed by atoms with E-state index < -0.39 is 11.9 Å². The number of pyridine rings is 2. The molecule has 10 heteroatoms. The van der Waals surface area contributed by atoms with Gasteiger partial charge in [-0.25, -0.2) is 4.98 Å². The second-order valence-corrected chi connectivity index (χ2v) is 8.28. The Hall–Kier alpha value is -3.66. The van der Waals surface area contributed by atoms with Crippen LogP contribution in [0, 0.1) is 5.92 Å². The summed E-state index contributed by atoms with van der Waals surface area (Å²) < 4.78 is 38.2. The van der Waals surface area contributed by atoms with Crippen LogP contribution in [0.5, 0.6) is 0 Å². The van der Waals surface area contributed by atoms with Crippen LogP contribution in [0.1, 0.15) is 35.4 Å². The minimum Gasteiger partial charge on any atom is -0.353 e. The molecule has 178 valence electrons. The van der Waals surface area contributed by atoms with Crippen LogP contribution in [-0.2, 0) is 12.6 Å². The van der Waals surface area contributed by atoms with Gasteiger partial charge in [-0.05, 0) is 62.0 Å². The fourth-order valence-corrected chi connectivity index (χ4v) is 3.90. The predicted octanol–water partition coefficient (Wildman–Crippen LogP) is 4.93. The maximum Gasteiger partial charge on any atom is 0.433 e. The fourth-order valence-electron chi connectivity index (χ4n) is 3.90. The standard InChI is InChI=1S/C24H26F3N7/c1-15(19-10-18(11-29-12-19)9-17-5-7-28-8-6-17)33-21-14-31-34-23(21)16(2)32-20-3-4-22(30-13-20)24(25,26)27/h3-4,10-14,17,28,32-33H,1-2,5-9H2,(H,31,34). The van der Waals surface area contributed by atoms with Crippen molar-refractivity contribution in [3.05, 3.63) is 78.7 Å². The molecule has 0 spiro atoms. The number of nitrogens with zero attached hydrogens (tertiary/aromatic N) is 3. The molecule has 0 atom stereocenters. The van der Waals surface area contributed by atoms with Crippen molar-refractivity contribution in [1.82, 2.24) is 25.5 Å². The summed E-state index contributed by atoms with van der Waals surface area (Å²) in [4.78, 5) is 7.83. The highest BCUT2D eigenvalue weighted by atomic mass is 19.4. The van der Waals surface area contributed by atoms with Crippen LogP contribution in [0.3, 0.4) is 0 Å². The van der Waals surface area contributed by atoms with Crippen LogP contribution in [0.15, 0.2) is 56.1 Å². The molecule has 4 N–H and O–H groups in total. The van der Waals surface area contributed by atoms with Gasteiger partial charge in [0.05, 0.1) is 29.5 Å². The quantitative estimate of drug-likeness (QED) is 0.374. The third kappa shape index (κ3) is 5.82. The predicted molar refractivity (Wildman–Crippen MR) is 127 cm³/mol. The molecule has 3 aromatic rings. The van der Waals surface area contributed by atoms with Gasteiger partial charge in [0.2, 0.25) is 0 Å². The molecule has 4 heterocycles. The molecule has 0 amide bonds. The van der Waals surface area contributed by atoms with Crippen molar-refractivity contribution in [2.24, 2.45) is 5.92 Å². The summed E-state index contributed by atoms with van der Waals surface area (Å²) in [6.45, 7) is 10.2. The van der Waals surface area contributed by atoms with Gasteiger partial charge in [0, 0.05) is 23.7 Å². The van der Waals surface area contributed by atoms with E-state index in [9.17, 15) is 13.2 Å². The number of aromatic amines is 1. The van der Waals surface area contributed by atoms with Gasteiger partial charge in [0.25, 0.3) is 0 Å². The lowest BCUT2D eigenvalue weighted by Gasteiger charge is -2.22. The number of hydrogen-bond acceptors (Lipinski definition) is 6. The fraction of sp³-hybridized carbons (Fsp3) is 0.292. The number of hydrogen-bond donors (Lipinski definition) is 4. The molecule has 4 rings (SSSR count). The van der Waals surface area contributed by atoms with Gasteiger partial charge < -0.3 is 16.0 Å². The van der Waals surface area contributed by atoms with E-state index in [1.165, 1.54) is 11.6 Å². The van der Waals surface area contributed by atoms with Crippen LogP contribution in [0.25, 0.3) is 11.4 Å². The second kappa shape index (κ2) is 10.1. The van der Waals surface area contributed by atoms with Crippen LogP contribution in [0.2, 0.25) is 0 Å². The normalized spacial score (nSPS) is 14.6. The molecule has 1 fully saturated rings. The topological polar surface area (TPSA) is 90.5 Å². The van der Waals surface area contributed by atoms with Gasteiger partial charge >= 0.3 is 6.18 Å². The van der Waals surface area contributed by atoms with E-state index >= 15 is 0 Å². The zero-order chi connectivity index (χ0) is 24.1. The van der Waals surface area contributed by atoms with E-state index in [-0.39, 0.29) is 0 Å². The van der Waals surface area contributed by atoms with E-state index in [0.717, 1.165) is 50.2 Å². The number of piperidine rings is 1. The zero-order valence-corrected chi connectivity index (χ0v) is 18.5. The number of halogens is 3. The van der Waals surface area contributed by atoms with E-state index in [2.05, 4.69) is 55.3 Å². The molecule has 0 unspecified atom stereocenters. The summed E-state index contributed by atoms with van der Waals surface area (Å²) in [5, 5.41) is 16.5. The number of anilines is 2. The van der Waals surface area contributed by atoms with Gasteiger partial charge in [0.1, 0.15) is 11.4 Å². The first-order chi connectivity index (χ1) is 16.3. The lowest BCUT2D eigenvalue weighted by Crippen LogP contribution is -2.28. The summed E-state index contributed by atoms with van der Waals surface area (Å²) in [7, 11) is 0. The smallest absolute Gasteiger partial charge is 0.353 e. The molecule has 34 heavy (non-hydrogen) atoms. The minimum atomic E-state index is -4.49. The maximum atomic E-state index is 12.7. The maximum absolute atomic E-state index is 12.7. The molecule has 0 aromatic carbocycles. The Morgan fingerprint density at radius 3 is 2.53 bits per heavy atom. The number of H-pyrrole nitrogens is 1. The van der Waals surface area contributed by atoms with Crippen molar-refractivity contribution in [2.45, 2.75) is 25.4 Å². The Morgan fingerprint density at radius 2 is 1.82 bits per heavy atom. The molecular weight excluding hydrogens is 443 g/mol. The van der Waals surface area contributed by atoms with Crippen LogP contribution >= 0.6 is 0 Å². The summed E-state index contributed by atoms with van der Waals surface area (Å²) in [5.74, 6) is 0.647. The molecule has 1 aliphatic heterocycles. The summed E-state index contributed by atoms with van der Waals surface area (Å²) in [6.07, 6.45) is 5.15. The van der Waals surface area contributed by atoms with Crippen molar-refractivity contribution in [2.75, 3.05) is 23.7 Å². The van der Waals surface area contributed by atoms with Crippen LogP contribution in [0.4, 0.5) is 24.5 Å². The van der Waals surface area contributed by atoms with Crippen molar-refractivity contribution in [3.8, 4) is 0 Å². The summed E-state index contributed by atoms with van der Waals surface area (Å²) in [5.41, 5.74) is 3.65. The van der Waals surface area contributed by atoms with Crippen molar-refractivity contribution >= 4 is 22.8 Å². The Balaban J connectivity index is 1.41. The average molecular weight is 470 g/mol. The lowest BCUT2D eigenvalue weighted by atomic mass is 9.91. The summed E-state index contributed by atoms with van der Waals surface area (Å²) >= 11 is 0. The molecule has 7 nitrogen and oxygen atoms in total. The Morgan fingerprint density at radius 1 is 1.03 bits per heavy atom. The summed E-state index contributed by atoms with van der Waals surface area (Å²) in [6, 6.07) is 4.29. The first-order valence-electron chi connectivity index (χ1n) is 10.9.